The zero-order valence-corrected chi connectivity index (χ0v) is 11.9. The molecular weight excluding hydrogens is 241 g/mol. The van der Waals surface area contributed by atoms with Crippen molar-refractivity contribution in [1.29, 1.82) is 0 Å². The fourth-order valence-corrected chi connectivity index (χ4v) is 2.83. The van der Waals surface area contributed by atoms with Crippen LogP contribution in [0.25, 0.3) is 0 Å². The van der Waals surface area contributed by atoms with Crippen LogP contribution in [-0.4, -0.2) is 19.8 Å². The Balaban J connectivity index is 2.22. The number of halogens is 1. The Morgan fingerprint density at radius 1 is 1.37 bits per heavy atom. The predicted molar refractivity (Wildman–Crippen MR) is 75.7 cm³/mol. The molecule has 106 valence electrons. The molecule has 1 saturated heterocycles. The van der Waals surface area contributed by atoms with E-state index in [2.05, 4.69) is 19.2 Å². The quantitative estimate of drug-likeness (QED) is 0.878. The summed E-state index contributed by atoms with van der Waals surface area (Å²) >= 11 is 0. The number of ether oxygens (including phenoxy) is 1. The second-order valence-electron chi connectivity index (χ2n) is 5.38. The molecule has 0 radical (unpaired) electrons. The number of hydrogen-bond donors (Lipinski definition) is 1. The van der Waals surface area contributed by atoms with Gasteiger partial charge in [-0.1, -0.05) is 13.0 Å². The fourth-order valence-electron chi connectivity index (χ4n) is 2.83. The minimum absolute atomic E-state index is 0.143. The third kappa shape index (κ3) is 3.77. The molecular formula is C16H24FNO. The van der Waals surface area contributed by atoms with Crippen molar-refractivity contribution in [2.24, 2.45) is 5.92 Å². The largest absolute Gasteiger partial charge is 0.381 e. The van der Waals surface area contributed by atoms with Crippen LogP contribution in [0.2, 0.25) is 0 Å². The van der Waals surface area contributed by atoms with Crippen molar-refractivity contribution in [3.63, 3.8) is 0 Å². The van der Waals surface area contributed by atoms with Gasteiger partial charge in [0, 0.05) is 19.3 Å². The van der Waals surface area contributed by atoms with E-state index in [-0.39, 0.29) is 11.9 Å². The summed E-state index contributed by atoms with van der Waals surface area (Å²) in [7, 11) is 0. The second kappa shape index (κ2) is 7.01. The van der Waals surface area contributed by atoms with Crippen LogP contribution in [0.4, 0.5) is 4.39 Å². The maximum Gasteiger partial charge on any atom is 0.123 e. The van der Waals surface area contributed by atoms with Gasteiger partial charge in [0.1, 0.15) is 5.82 Å². The Hall–Kier alpha value is -0.930. The summed E-state index contributed by atoms with van der Waals surface area (Å²) in [5.41, 5.74) is 2.28. The average Bonchev–Trinajstić information content (AvgIpc) is 2.44. The molecule has 3 heteroatoms. The minimum Gasteiger partial charge on any atom is -0.381 e. The van der Waals surface area contributed by atoms with E-state index in [0.29, 0.717) is 5.92 Å². The van der Waals surface area contributed by atoms with E-state index in [1.807, 2.05) is 6.07 Å². The zero-order valence-electron chi connectivity index (χ0n) is 11.9. The summed E-state index contributed by atoms with van der Waals surface area (Å²) in [4.78, 5) is 0. The van der Waals surface area contributed by atoms with Gasteiger partial charge in [0.2, 0.25) is 0 Å². The normalized spacial score (nSPS) is 18.5. The Morgan fingerprint density at radius 3 is 2.79 bits per heavy atom. The Kier molecular flexibility index (Phi) is 5.34. The second-order valence-corrected chi connectivity index (χ2v) is 5.38. The molecule has 0 aromatic heterocycles. The molecule has 0 spiro atoms. The van der Waals surface area contributed by atoms with Crippen LogP contribution in [0, 0.1) is 18.7 Å². The van der Waals surface area contributed by atoms with Crippen molar-refractivity contribution in [1.82, 2.24) is 5.32 Å². The molecule has 1 heterocycles. The molecule has 0 amide bonds. The van der Waals surface area contributed by atoms with Crippen LogP contribution in [0.1, 0.15) is 43.4 Å². The first-order valence-corrected chi connectivity index (χ1v) is 7.29. The Morgan fingerprint density at radius 2 is 2.11 bits per heavy atom. The van der Waals surface area contributed by atoms with Crippen molar-refractivity contribution < 1.29 is 9.13 Å². The van der Waals surface area contributed by atoms with E-state index in [1.165, 1.54) is 5.56 Å². The molecule has 1 fully saturated rings. The first-order valence-electron chi connectivity index (χ1n) is 7.29. The third-order valence-electron chi connectivity index (χ3n) is 3.93. The average molecular weight is 265 g/mol. The lowest BCUT2D eigenvalue weighted by Gasteiger charge is -2.32. The molecule has 1 N–H and O–H groups in total. The summed E-state index contributed by atoms with van der Waals surface area (Å²) < 4.78 is 19.0. The molecule has 1 atom stereocenters. The topological polar surface area (TPSA) is 21.3 Å². The standard InChI is InChI=1S/C16H24FNO/c1-3-8-18-16(13-6-9-19-10-7-13)15-11-14(17)5-4-12(15)2/h4-5,11,13,16,18H,3,6-10H2,1-2H3. The molecule has 1 aliphatic rings. The molecule has 2 nitrogen and oxygen atoms in total. The number of rotatable bonds is 5. The van der Waals surface area contributed by atoms with Crippen LogP contribution >= 0.6 is 0 Å². The van der Waals surface area contributed by atoms with Gasteiger partial charge in [-0.2, -0.15) is 0 Å². The minimum atomic E-state index is -0.143. The van der Waals surface area contributed by atoms with Crippen LogP contribution in [0.3, 0.4) is 0 Å². The van der Waals surface area contributed by atoms with Crippen LogP contribution < -0.4 is 5.32 Å². The number of aryl methyl sites for hydroxylation is 1. The van der Waals surface area contributed by atoms with Gasteiger partial charge >= 0.3 is 0 Å². The highest BCUT2D eigenvalue weighted by Crippen LogP contribution is 2.32. The van der Waals surface area contributed by atoms with Gasteiger partial charge in [-0.05, 0) is 61.9 Å². The van der Waals surface area contributed by atoms with Crippen molar-refractivity contribution >= 4 is 0 Å². The van der Waals surface area contributed by atoms with Gasteiger partial charge in [0.25, 0.3) is 0 Å². The molecule has 0 aliphatic carbocycles. The molecule has 2 rings (SSSR count). The summed E-state index contributed by atoms with van der Waals surface area (Å²) in [6, 6.07) is 5.36. The summed E-state index contributed by atoms with van der Waals surface area (Å²) in [5, 5.41) is 3.60. The molecule has 1 unspecified atom stereocenters. The number of hydrogen-bond acceptors (Lipinski definition) is 2. The van der Waals surface area contributed by atoms with Gasteiger partial charge in [-0.3, -0.25) is 0 Å². The summed E-state index contributed by atoms with van der Waals surface area (Å²) in [5.74, 6) is 0.400. The van der Waals surface area contributed by atoms with E-state index in [1.54, 1.807) is 12.1 Å². The van der Waals surface area contributed by atoms with E-state index < -0.39 is 0 Å². The first kappa shape index (κ1) is 14.5. The zero-order chi connectivity index (χ0) is 13.7. The van der Waals surface area contributed by atoms with Gasteiger partial charge in [-0.25, -0.2) is 4.39 Å². The van der Waals surface area contributed by atoms with Gasteiger partial charge in [0.15, 0.2) is 0 Å². The van der Waals surface area contributed by atoms with E-state index in [9.17, 15) is 4.39 Å². The molecule has 0 saturated carbocycles. The highest BCUT2D eigenvalue weighted by atomic mass is 19.1. The highest BCUT2D eigenvalue weighted by molar-refractivity contribution is 5.30. The van der Waals surface area contributed by atoms with E-state index >= 15 is 0 Å². The first-order chi connectivity index (χ1) is 9.22. The Labute approximate surface area is 115 Å². The summed E-state index contributed by atoms with van der Waals surface area (Å²) in [6.45, 7) is 6.84. The van der Waals surface area contributed by atoms with Crippen LogP contribution in [0.15, 0.2) is 18.2 Å². The van der Waals surface area contributed by atoms with Crippen molar-refractivity contribution in [2.75, 3.05) is 19.8 Å². The molecule has 1 aromatic carbocycles. The lowest BCUT2D eigenvalue weighted by Crippen LogP contribution is -2.33. The van der Waals surface area contributed by atoms with Crippen LogP contribution in [0.5, 0.6) is 0 Å². The predicted octanol–water partition coefficient (Wildman–Crippen LogP) is 3.60. The maximum atomic E-state index is 13.5. The SMILES string of the molecule is CCCNC(c1cc(F)ccc1C)C1CCOCC1. The molecule has 0 bridgehead atoms. The van der Waals surface area contributed by atoms with E-state index in [4.69, 9.17) is 4.74 Å². The smallest absolute Gasteiger partial charge is 0.123 e. The number of benzene rings is 1. The highest BCUT2D eigenvalue weighted by Gasteiger charge is 2.26. The third-order valence-corrected chi connectivity index (χ3v) is 3.93. The maximum absolute atomic E-state index is 13.5. The van der Waals surface area contributed by atoms with Gasteiger partial charge < -0.3 is 10.1 Å². The van der Waals surface area contributed by atoms with Crippen LogP contribution in [-0.2, 0) is 4.74 Å². The van der Waals surface area contributed by atoms with Crippen molar-refractivity contribution in [2.45, 2.75) is 39.2 Å². The van der Waals surface area contributed by atoms with E-state index in [0.717, 1.165) is 44.6 Å². The van der Waals surface area contributed by atoms with Gasteiger partial charge in [-0.15, -0.1) is 0 Å². The lowest BCUT2D eigenvalue weighted by molar-refractivity contribution is 0.0535. The van der Waals surface area contributed by atoms with Crippen molar-refractivity contribution in [3.05, 3.63) is 35.1 Å². The number of nitrogens with one attached hydrogen (secondary N) is 1. The Bertz CT molecular complexity index is 402. The van der Waals surface area contributed by atoms with Crippen molar-refractivity contribution in [3.8, 4) is 0 Å². The fraction of sp³-hybridized carbons (Fsp3) is 0.625. The molecule has 19 heavy (non-hydrogen) atoms. The molecule has 1 aromatic rings. The van der Waals surface area contributed by atoms with Gasteiger partial charge in [0.05, 0.1) is 0 Å². The summed E-state index contributed by atoms with van der Waals surface area (Å²) in [6.07, 6.45) is 3.20. The lowest BCUT2D eigenvalue weighted by atomic mass is 9.85. The monoisotopic (exact) mass is 265 g/mol. The molecule has 1 aliphatic heterocycles.